The molecule has 13 nitrogen and oxygen atoms in total. The van der Waals surface area contributed by atoms with Gasteiger partial charge >= 0.3 is 13.0 Å². The second-order valence-electron chi connectivity index (χ2n) is 16.9. The van der Waals surface area contributed by atoms with Crippen LogP contribution in [0.5, 0.6) is 0 Å². The maximum absolute atomic E-state index is 15.0. The third-order valence-electron chi connectivity index (χ3n) is 12.2. The summed E-state index contributed by atoms with van der Waals surface area (Å²) in [6.45, 7) is 2.30. The van der Waals surface area contributed by atoms with E-state index in [4.69, 9.17) is 26.9 Å². The molecule has 0 spiro atoms. The molecule has 2 aliphatic rings. The zero-order valence-corrected chi connectivity index (χ0v) is 42.2. The first-order valence-electron chi connectivity index (χ1n) is 23.2. The lowest BCUT2D eigenvalue weighted by atomic mass is 9.80. The van der Waals surface area contributed by atoms with E-state index < -0.39 is 48.6 Å². The first-order chi connectivity index (χ1) is 35.1. The van der Waals surface area contributed by atoms with Gasteiger partial charge < -0.3 is 30.9 Å². The van der Waals surface area contributed by atoms with Crippen LogP contribution in [0.15, 0.2) is 191 Å². The van der Waals surface area contributed by atoms with Gasteiger partial charge in [-0.2, -0.15) is 11.8 Å². The number of anilines is 1. The SMILES string of the molecule is CB(O)NCCSCc1cnccc1SC1=C(C(=O)OC(c2ccccc2)c2ccccc2)N2C(=O)[C@@H](NC(=O)C(=NOC(c3ccccc3)(c3ccccc3)c3ccccc3)c3nc(N)sc3Cl)C2CC1. The number of nitrogens with one attached hydrogen (secondary N) is 2. The number of pyridine rings is 1. The fraction of sp³-hybridized carbons (Fsp3) is 0.185. The fourth-order valence-corrected chi connectivity index (χ4v) is 11.8. The number of thioether (sulfide) groups is 2. The van der Waals surface area contributed by atoms with Crippen molar-refractivity contribution in [1.82, 2.24) is 25.4 Å². The predicted octanol–water partition coefficient (Wildman–Crippen LogP) is 9.25. The largest absolute Gasteiger partial charge is 0.448 e. The average Bonchev–Trinajstić information content (AvgIpc) is 3.75. The number of β-lactam (4-membered cyclic amide) rings is 1. The molecule has 9 rings (SSSR count). The molecule has 72 heavy (non-hydrogen) atoms. The summed E-state index contributed by atoms with van der Waals surface area (Å²) in [5.41, 5.74) is 9.22. The van der Waals surface area contributed by atoms with E-state index in [2.05, 4.69) is 25.7 Å². The number of carbonyl (C=O) groups excluding carboxylic acids is 3. The zero-order chi connectivity index (χ0) is 50.0. The van der Waals surface area contributed by atoms with E-state index in [1.54, 1.807) is 31.0 Å². The van der Waals surface area contributed by atoms with Crippen LogP contribution in [0.1, 0.15) is 58.0 Å². The molecule has 0 bridgehead atoms. The molecular weight excluding hydrogens is 985 g/mol. The number of nitrogens with two attached hydrogens (primary N) is 1. The van der Waals surface area contributed by atoms with E-state index in [0.29, 0.717) is 30.0 Å². The Morgan fingerprint density at radius 1 is 0.903 bits per heavy atom. The van der Waals surface area contributed by atoms with Crippen molar-refractivity contribution in [3.63, 3.8) is 0 Å². The highest BCUT2D eigenvalue weighted by Crippen LogP contribution is 2.46. The number of carbonyl (C=O) groups is 3. The Kier molecular flexibility index (Phi) is 16.2. The van der Waals surface area contributed by atoms with Gasteiger partial charge in [0.05, 0.1) is 6.04 Å². The van der Waals surface area contributed by atoms with E-state index in [0.717, 1.165) is 55.4 Å². The van der Waals surface area contributed by atoms with Gasteiger partial charge in [0, 0.05) is 50.4 Å². The Morgan fingerprint density at radius 3 is 2.01 bits per heavy atom. The number of nitrogen functional groups attached to an aromatic ring is 1. The second kappa shape index (κ2) is 23.2. The van der Waals surface area contributed by atoms with E-state index in [1.165, 1.54) is 16.7 Å². The molecule has 18 heteroatoms. The Labute approximate surface area is 435 Å². The molecule has 1 fully saturated rings. The molecule has 7 aromatic rings. The fourth-order valence-electron chi connectivity index (χ4n) is 8.80. The lowest BCUT2D eigenvalue weighted by molar-refractivity contribution is -0.158. The van der Waals surface area contributed by atoms with Gasteiger partial charge in [-0.15, -0.1) is 0 Å². The van der Waals surface area contributed by atoms with E-state index in [1.807, 2.05) is 158 Å². The van der Waals surface area contributed by atoms with E-state index in [-0.39, 0.29) is 26.6 Å². The molecular formula is C54H49BClN7O6S3. The number of oxime groups is 1. The van der Waals surface area contributed by atoms with E-state index >= 15 is 0 Å². The van der Waals surface area contributed by atoms with Gasteiger partial charge in [0.2, 0.25) is 5.60 Å². The van der Waals surface area contributed by atoms with Gasteiger partial charge in [-0.1, -0.05) is 192 Å². The summed E-state index contributed by atoms with van der Waals surface area (Å²) in [4.78, 5) is 63.2. The van der Waals surface area contributed by atoms with Gasteiger partial charge in [-0.25, -0.2) is 9.78 Å². The quantitative estimate of drug-likeness (QED) is 0.0108. The number of nitrogens with zero attached hydrogens (tertiary/aromatic N) is 4. The topological polar surface area (TPSA) is 181 Å². The summed E-state index contributed by atoms with van der Waals surface area (Å²) in [7, 11) is -0.610. The molecule has 2 aliphatic heterocycles. The number of rotatable bonds is 20. The Morgan fingerprint density at radius 2 is 1.47 bits per heavy atom. The molecule has 5 N–H and O–H groups in total. The maximum Gasteiger partial charge on any atom is 0.373 e. The first-order valence-corrected chi connectivity index (χ1v) is 26.4. The van der Waals surface area contributed by atoms with Crippen LogP contribution in [-0.4, -0.2) is 74.8 Å². The number of halogens is 1. The number of amides is 2. The third kappa shape index (κ3) is 11.0. The summed E-state index contributed by atoms with van der Waals surface area (Å²) in [6.07, 6.45) is 3.50. The van der Waals surface area contributed by atoms with Crippen molar-refractivity contribution in [2.75, 3.05) is 18.0 Å². The highest BCUT2D eigenvalue weighted by Gasteiger charge is 2.54. The van der Waals surface area contributed by atoms with Gasteiger partial charge in [0.25, 0.3) is 11.8 Å². The molecule has 5 aromatic carbocycles. The summed E-state index contributed by atoms with van der Waals surface area (Å²) in [5, 5.41) is 20.3. The standard InChI is InChI=1S/C54H49BClN7O6S3/c1-55(67)59-31-32-70-34-37-33-58-30-29-42(37)71-43-28-27-41-44(51(65)63(41)47(43)52(66)68-48(35-17-7-2-8-18-35)36-19-9-3-10-20-36)60-50(64)46(45-49(56)72-53(57)61-45)62-69-54(38-21-11-4-12-22-38,39-23-13-5-14-24-39)40-25-15-6-16-26-40/h2-26,29-30,33,41,44,48,59,67H,27-28,31-32,34H2,1H3,(H2,57,61)(H,60,64)/t41?,44-/m0/s1. The summed E-state index contributed by atoms with van der Waals surface area (Å²) >= 11 is 10.8. The molecule has 364 valence electrons. The van der Waals surface area contributed by atoms with Crippen LogP contribution < -0.4 is 16.3 Å². The highest BCUT2D eigenvalue weighted by molar-refractivity contribution is 8.03. The summed E-state index contributed by atoms with van der Waals surface area (Å²) < 4.78 is 6.57. The molecule has 2 amide bonds. The number of hydrogen-bond donors (Lipinski definition) is 4. The van der Waals surface area contributed by atoms with Gasteiger partial charge in [-0.3, -0.25) is 19.5 Å². The summed E-state index contributed by atoms with van der Waals surface area (Å²) in [6, 6.07) is 47.7. The van der Waals surface area contributed by atoms with Crippen molar-refractivity contribution in [3.8, 4) is 0 Å². The smallest absolute Gasteiger partial charge is 0.373 e. The van der Waals surface area contributed by atoms with Crippen LogP contribution in [0.4, 0.5) is 5.13 Å². The van der Waals surface area contributed by atoms with Crippen molar-refractivity contribution in [2.24, 2.45) is 5.16 Å². The van der Waals surface area contributed by atoms with Crippen molar-refractivity contribution >= 4 is 82.1 Å². The number of esters is 1. The number of allylic oxidation sites excluding steroid dienone is 1. The van der Waals surface area contributed by atoms with Crippen LogP contribution in [0.3, 0.4) is 0 Å². The summed E-state index contributed by atoms with van der Waals surface area (Å²) in [5.74, 6) is -0.615. The lowest BCUT2D eigenvalue weighted by Gasteiger charge is -2.50. The minimum absolute atomic E-state index is 0.0201. The monoisotopic (exact) mass is 1030 g/mol. The molecule has 0 radical (unpaired) electrons. The van der Waals surface area contributed by atoms with Crippen molar-refractivity contribution in [1.29, 1.82) is 0 Å². The maximum atomic E-state index is 15.0. The normalized spacial score (nSPS) is 15.7. The second-order valence-corrected chi connectivity index (χ2v) is 20.8. The molecule has 1 unspecified atom stereocenters. The zero-order valence-electron chi connectivity index (χ0n) is 39.0. The van der Waals surface area contributed by atoms with Crippen LogP contribution in [0.2, 0.25) is 11.2 Å². The van der Waals surface area contributed by atoms with Crippen molar-refractivity contribution in [3.05, 3.63) is 224 Å². The molecule has 0 saturated carbocycles. The Balaban J connectivity index is 1.06. The Hall–Kier alpha value is -6.73. The van der Waals surface area contributed by atoms with Crippen LogP contribution in [0, 0.1) is 0 Å². The Bertz CT molecular complexity index is 2930. The number of fused-ring (bicyclic) bond motifs is 1. The van der Waals surface area contributed by atoms with Gasteiger partial charge in [0.15, 0.2) is 16.9 Å². The molecule has 0 aliphatic carbocycles. The molecule has 1 saturated heterocycles. The first kappa shape index (κ1) is 50.2. The molecule has 4 heterocycles. The highest BCUT2D eigenvalue weighted by atomic mass is 35.5. The third-order valence-corrected chi connectivity index (χ3v) is 15.5. The van der Waals surface area contributed by atoms with Crippen LogP contribution in [-0.2, 0) is 35.3 Å². The van der Waals surface area contributed by atoms with Crippen molar-refractivity contribution < 1.29 is 29.0 Å². The van der Waals surface area contributed by atoms with Crippen LogP contribution in [0.25, 0.3) is 0 Å². The van der Waals surface area contributed by atoms with Crippen molar-refractivity contribution in [2.45, 2.75) is 54.1 Å². The minimum atomic E-state index is -1.37. The molecule has 2 atom stereocenters. The van der Waals surface area contributed by atoms with Gasteiger partial charge in [-0.05, 0) is 49.0 Å². The number of benzene rings is 5. The number of hydrogen-bond acceptors (Lipinski definition) is 14. The predicted molar refractivity (Wildman–Crippen MR) is 286 cm³/mol. The number of ether oxygens (including phenoxy) is 1. The molecule has 2 aromatic heterocycles. The van der Waals surface area contributed by atoms with Crippen LogP contribution >= 0.6 is 46.5 Å². The number of aromatic nitrogens is 2. The minimum Gasteiger partial charge on any atom is -0.448 e. The van der Waals surface area contributed by atoms with E-state index in [9.17, 15) is 19.4 Å². The average molecular weight is 1030 g/mol. The number of thiazole rings is 1. The lowest BCUT2D eigenvalue weighted by Crippen LogP contribution is -2.72. The van der Waals surface area contributed by atoms with Gasteiger partial charge in [0.1, 0.15) is 21.8 Å².